The van der Waals surface area contributed by atoms with E-state index in [0.29, 0.717) is 0 Å². The van der Waals surface area contributed by atoms with Crippen molar-refractivity contribution in [3.05, 3.63) is 23.8 Å². The molecule has 0 atom stereocenters. The first-order valence-corrected chi connectivity index (χ1v) is 5.11. The smallest absolute Gasteiger partial charge is 0.0595 e. The second kappa shape index (κ2) is 4.84. The van der Waals surface area contributed by atoms with Gasteiger partial charge >= 0.3 is 0 Å². The Kier molecular flexibility index (Phi) is 3.72. The molecule has 1 nitrogen and oxygen atoms in total. The minimum absolute atomic E-state index is 0.809. The highest BCUT2D eigenvalue weighted by molar-refractivity contribution is 7.99. The van der Waals surface area contributed by atoms with E-state index < -0.39 is 0 Å². The van der Waals surface area contributed by atoms with Crippen molar-refractivity contribution >= 4 is 17.4 Å². The van der Waals surface area contributed by atoms with Crippen molar-refractivity contribution in [3.63, 3.8) is 0 Å². The van der Waals surface area contributed by atoms with Gasteiger partial charge in [-0.1, -0.05) is 12.0 Å². The SMILES string of the molecule is CC#CCSc1ccc(C)cc1N. The second-order valence-corrected chi connectivity index (χ2v) is 3.77. The molecule has 0 amide bonds. The molecule has 1 rings (SSSR count). The summed E-state index contributed by atoms with van der Waals surface area (Å²) < 4.78 is 0. The number of benzene rings is 1. The molecular weight excluding hydrogens is 178 g/mol. The van der Waals surface area contributed by atoms with Gasteiger partial charge in [-0.3, -0.25) is 0 Å². The van der Waals surface area contributed by atoms with E-state index >= 15 is 0 Å². The third-order valence-corrected chi connectivity index (χ3v) is 2.61. The molecule has 0 aromatic heterocycles. The molecule has 1 aromatic rings. The van der Waals surface area contributed by atoms with Crippen LogP contribution in [-0.2, 0) is 0 Å². The Hall–Kier alpha value is -1.07. The number of nitrogen functional groups attached to an aromatic ring is 1. The first-order valence-electron chi connectivity index (χ1n) is 4.12. The van der Waals surface area contributed by atoms with Crippen LogP contribution >= 0.6 is 11.8 Å². The lowest BCUT2D eigenvalue weighted by atomic mass is 10.2. The van der Waals surface area contributed by atoms with Gasteiger partial charge in [0.05, 0.1) is 5.75 Å². The molecule has 68 valence electrons. The van der Waals surface area contributed by atoms with E-state index in [4.69, 9.17) is 5.73 Å². The van der Waals surface area contributed by atoms with Crippen molar-refractivity contribution in [1.29, 1.82) is 0 Å². The van der Waals surface area contributed by atoms with Gasteiger partial charge in [-0.25, -0.2) is 0 Å². The highest BCUT2D eigenvalue weighted by Gasteiger charge is 1.97. The molecule has 0 fully saturated rings. The van der Waals surface area contributed by atoms with E-state index in [1.54, 1.807) is 11.8 Å². The number of hydrogen-bond donors (Lipinski definition) is 1. The van der Waals surface area contributed by atoms with Crippen molar-refractivity contribution in [2.75, 3.05) is 11.5 Å². The summed E-state index contributed by atoms with van der Waals surface area (Å²) in [7, 11) is 0. The molecule has 0 saturated carbocycles. The maximum atomic E-state index is 5.83. The summed E-state index contributed by atoms with van der Waals surface area (Å²) in [4.78, 5) is 1.12. The standard InChI is InChI=1S/C11H13NS/c1-3-4-7-13-11-6-5-9(2)8-10(11)12/h5-6,8H,7,12H2,1-2H3. The molecule has 0 unspecified atom stereocenters. The number of rotatable bonds is 2. The van der Waals surface area contributed by atoms with E-state index in [2.05, 4.69) is 17.9 Å². The van der Waals surface area contributed by atoms with Gasteiger partial charge in [-0.15, -0.1) is 17.7 Å². The summed E-state index contributed by atoms with van der Waals surface area (Å²) >= 11 is 1.68. The Balaban J connectivity index is 2.70. The summed E-state index contributed by atoms with van der Waals surface area (Å²) in [5.41, 5.74) is 7.88. The molecule has 0 radical (unpaired) electrons. The lowest BCUT2D eigenvalue weighted by Gasteiger charge is -2.03. The summed E-state index contributed by atoms with van der Waals surface area (Å²) in [6.07, 6.45) is 0. The third kappa shape index (κ3) is 3.04. The number of thioether (sulfide) groups is 1. The van der Waals surface area contributed by atoms with Gasteiger partial charge in [-0.05, 0) is 31.5 Å². The highest BCUT2D eigenvalue weighted by Crippen LogP contribution is 2.25. The van der Waals surface area contributed by atoms with Crippen molar-refractivity contribution in [1.82, 2.24) is 0 Å². The van der Waals surface area contributed by atoms with Crippen LogP contribution in [-0.4, -0.2) is 5.75 Å². The molecule has 0 bridgehead atoms. The maximum Gasteiger partial charge on any atom is 0.0595 e. The van der Waals surface area contributed by atoms with Gasteiger partial charge in [0.15, 0.2) is 0 Å². The van der Waals surface area contributed by atoms with Gasteiger partial charge in [0.25, 0.3) is 0 Å². The zero-order chi connectivity index (χ0) is 9.68. The highest BCUT2D eigenvalue weighted by atomic mass is 32.2. The van der Waals surface area contributed by atoms with Crippen molar-refractivity contribution in [3.8, 4) is 11.8 Å². The summed E-state index contributed by atoms with van der Waals surface area (Å²) in [6.45, 7) is 3.88. The molecule has 0 aliphatic heterocycles. The van der Waals surface area contributed by atoms with Gasteiger partial charge in [0.1, 0.15) is 0 Å². The predicted molar refractivity (Wildman–Crippen MR) is 59.8 cm³/mol. The van der Waals surface area contributed by atoms with E-state index in [1.165, 1.54) is 5.56 Å². The quantitative estimate of drug-likeness (QED) is 0.442. The Morgan fingerprint density at radius 3 is 2.85 bits per heavy atom. The van der Waals surface area contributed by atoms with Crippen LogP contribution in [0.25, 0.3) is 0 Å². The normalized spacial score (nSPS) is 9.08. The average Bonchev–Trinajstić information content (AvgIpc) is 2.09. The zero-order valence-electron chi connectivity index (χ0n) is 7.92. The molecule has 0 heterocycles. The minimum Gasteiger partial charge on any atom is -0.398 e. The Morgan fingerprint density at radius 2 is 2.23 bits per heavy atom. The fourth-order valence-electron chi connectivity index (χ4n) is 0.985. The number of aryl methyl sites for hydroxylation is 1. The van der Waals surface area contributed by atoms with E-state index in [9.17, 15) is 0 Å². The second-order valence-electron chi connectivity index (χ2n) is 2.76. The van der Waals surface area contributed by atoms with Gasteiger partial charge < -0.3 is 5.73 Å². The molecular formula is C11H13NS. The number of nitrogens with two attached hydrogens (primary N) is 1. The topological polar surface area (TPSA) is 26.0 Å². The van der Waals surface area contributed by atoms with Crippen molar-refractivity contribution in [2.24, 2.45) is 0 Å². The van der Waals surface area contributed by atoms with Crippen LogP contribution in [0.15, 0.2) is 23.1 Å². The van der Waals surface area contributed by atoms with Crippen LogP contribution in [0, 0.1) is 18.8 Å². The van der Waals surface area contributed by atoms with Gasteiger partial charge in [0, 0.05) is 10.6 Å². The molecule has 0 saturated heterocycles. The fourth-order valence-corrected chi connectivity index (χ4v) is 1.75. The van der Waals surface area contributed by atoms with Gasteiger partial charge in [-0.2, -0.15) is 0 Å². The lowest BCUT2D eigenvalue weighted by Crippen LogP contribution is -1.89. The Morgan fingerprint density at radius 1 is 1.46 bits per heavy atom. The largest absolute Gasteiger partial charge is 0.398 e. The van der Waals surface area contributed by atoms with Crippen molar-refractivity contribution in [2.45, 2.75) is 18.7 Å². The molecule has 0 aliphatic rings. The molecule has 0 aliphatic carbocycles. The van der Waals surface area contributed by atoms with E-state index in [0.717, 1.165) is 16.3 Å². The van der Waals surface area contributed by atoms with Crippen LogP contribution in [0.4, 0.5) is 5.69 Å². The molecule has 13 heavy (non-hydrogen) atoms. The summed E-state index contributed by atoms with van der Waals surface area (Å²) in [6, 6.07) is 6.10. The van der Waals surface area contributed by atoms with Crippen LogP contribution in [0.1, 0.15) is 12.5 Å². The first kappa shape index (κ1) is 10.0. The first-order chi connectivity index (χ1) is 6.24. The monoisotopic (exact) mass is 191 g/mol. The van der Waals surface area contributed by atoms with E-state index in [1.807, 2.05) is 26.0 Å². The lowest BCUT2D eigenvalue weighted by molar-refractivity contribution is 1.38. The molecule has 1 aromatic carbocycles. The van der Waals surface area contributed by atoms with Crippen LogP contribution in [0.3, 0.4) is 0 Å². The van der Waals surface area contributed by atoms with E-state index in [-0.39, 0.29) is 0 Å². The molecule has 0 spiro atoms. The summed E-state index contributed by atoms with van der Waals surface area (Å²) in [5, 5.41) is 0. The fraction of sp³-hybridized carbons (Fsp3) is 0.273. The zero-order valence-corrected chi connectivity index (χ0v) is 8.74. The number of hydrogen-bond acceptors (Lipinski definition) is 2. The van der Waals surface area contributed by atoms with Crippen LogP contribution < -0.4 is 5.73 Å². The van der Waals surface area contributed by atoms with Crippen molar-refractivity contribution < 1.29 is 0 Å². The third-order valence-electron chi connectivity index (χ3n) is 1.64. The Labute approximate surface area is 83.7 Å². The Bertz CT molecular complexity index is 347. The van der Waals surface area contributed by atoms with Gasteiger partial charge in [0.2, 0.25) is 0 Å². The number of anilines is 1. The van der Waals surface area contributed by atoms with Crippen LogP contribution in [0.5, 0.6) is 0 Å². The summed E-state index contributed by atoms with van der Waals surface area (Å²) in [5.74, 6) is 6.66. The average molecular weight is 191 g/mol. The maximum absolute atomic E-state index is 5.83. The molecule has 2 N–H and O–H groups in total. The van der Waals surface area contributed by atoms with Crippen LogP contribution in [0.2, 0.25) is 0 Å². The molecule has 2 heteroatoms. The minimum atomic E-state index is 0.809. The predicted octanol–water partition coefficient (Wildman–Crippen LogP) is 2.69.